The van der Waals surface area contributed by atoms with E-state index in [2.05, 4.69) is 0 Å². The summed E-state index contributed by atoms with van der Waals surface area (Å²) in [6.07, 6.45) is 0.752. The molecular weight excluding hydrogens is 261 g/mol. The number of carboxylic acid groups (broad SMARTS) is 1. The maximum atomic E-state index is 13.1. The minimum Gasteiger partial charge on any atom is -0.478 e. The Bertz CT molecular complexity index is 610. The third-order valence-corrected chi connectivity index (χ3v) is 2.69. The van der Waals surface area contributed by atoms with E-state index >= 15 is 0 Å². The highest BCUT2D eigenvalue weighted by molar-refractivity contribution is 5.97. The largest absolute Gasteiger partial charge is 0.478 e. The van der Waals surface area contributed by atoms with Gasteiger partial charge in [-0.25, -0.2) is 4.79 Å². The van der Waals surface area contributed by atoms with Crippen molar-refractivity contribution < 1.29 is 27.8 Å². The van der Waals surface area contributed by atoms with E-state index in [1.165, 1.54) is 24.1 Å². The lowest BCUT2D eigenvalue weighted by molar-refractivity contribution is -0.213. The van der Waals surface area contributed by atoms with Crippen molar-refractivity contribution in [2.75, 3.05) is 0 Å². The number of fused-ring (bicyclic) bond motifs is 1. The Balaban J connectivity index is 2.72. The number of halogens is 3. The van der Waals surface area contributed by atoms with Crippen LogP contribution in [0.2, 0.25) is 0 Å². The Hall–Kier alpha value is -2.42. The van der Waals surface area contributed by atoms with Crippen molar-refractivity contribution in [1.82, 2.24) is 0 Å². The quantitative estimate of drug-likeness (QED) is 0.796. The van der Waals surface area contributed by atoms with Crippen LogP contribution >= 0.6 is 0 Å². The SMILES string of the molecule is C#CC1(C(F)(F)F)Oc2ccccc2C=C1C(=O)O. The molecule has 1 aliphatic rings. The number of ether oxygens (including phenoxy) is 1. The van der Waals surface area contributed by atoms with E-state index in [1.54, 1.807) is 6.07 Å². The predicted molar refractivity (Wildman–Crippen MR) is 60.3 cm³/mol. The summed E-state index contributed by atoms with van der Waals surface area (Å²) >= 11 is 0. The first-order valence-electron chi connectivity index (χ1n) is 5.10. The van der Waals surface area contributed by atoms with Gasteiger partial charge in [0.15, 0.2) is 0 Å². The molecule has 0 aromatic heterocycles. The molecule has 0 radical (unpaired) electrons. The first kappa shape index (κ1) is 13.0. The van der Waals surface area contributed by atoms with Crippen LogP contribution in [0.3, 0.4) is 0 Å². The van der Waals surface area contributed by atoms with Gasteiger partial charge in [0.05, 0.1) is 0 Å². The Kier molecular flexibility index (Phi) is 2.78. The predicted octanol–water partition coefficient (Wildman–Crippen LogP) is 2.48. The molecule has 0 saturated carbocycles. The molecule has 1 aromatic rings. The lowest BCUT2D eigenvalue weighted by Gasteiger charge is -2.35. The molecule has 0 saturated heterocycles. The first-order chi connectivity index (χ1) is 8.82. The van der Waals surface area contributed by atoms with Gasteiger partial charge < -0.3 is 9.84 Å². The number of carbonyl (C=O) groups is 1. The summed E-state index contributed by atoms with van der Waals surface area (Å²) in [5, 5.41) is 8.95. The smallest absolute Gasteiger partial charge is 0.445 e. The maximum absolute atomic E-state index is 13.1. The first-order valence-corrected chi connectivity index (χ1v) is 5.10. The molecule has 1 atom stereocenters. The highest BCUT2D eigenvalue weighted by atomic mass is 19.4. The number of benzene rings is 1. The van der Waals surface area contributed by atoms with Crippen molar-refractivity contribution in [2.24, 2.45) is 0 Å². The molecule has 6 heteroatoms. The summed E-state index contributed by atoms with van der Waals surface area (Å²) in [4.78, 5) is 11.0. The second-order valence-corrected chi connectivity index (χ2v) is 3.83. The lowest BCUT2D eigenvalue weighted by Crippen LogP contribution is -2.53. The Morgan fingerprint density at radius 3 is 2.53 bits per heavy atom. The van der Waals surface area contributed by atoms with Gasteiger partial charge in [-0.05, 0) is 18.1 Å². The summed E-state index contributed by atoms with van der Waals surface area (Å²) in [5.41, 5.74) is -4.07. The van der Waals surface area contributed by atoms with Gasteiger partial charge in [0.25, 0.3) is 5.60 Å². The summed E-state index contributed by atoms with van der Waals surface area (Å²) < 4.78 is 44.2. The topological polar surface area (TPSA) is 46.5 Å². The molecular formula is C13H7F3O3. The summed E-state index contributed by atoms with van der Waals surface area (Å²) in [7, 11) is 0. The minimum atomic E-state index is -5.04. The number of rotatable bonds is 1. The van der Waals surface area contributed by atoms with Crippen molar-refractivity contribution >= 4 is 12.0 Å². The molecule has 0 bridgehead atoms. The van der Waals surface area contributed by atoms with Gasteiger partial charge in [-0.2, -0.15) is 13.2 Å². The summed E-state index contributed by atoms with van der Waals surface area (Å²) in [5.74, 6) is -0.449. The van der Waals surface area contributed by atoms with E-state index in [0.29, 0.717) is 0 Å². The molecule has 98 valence electrons. The zero-order valence-corrected chi connectivity index (χ0v) is 9.36. The van der Waals surface area contributed by atoms with Crippen LogP contribution in [0.15, 0.2) is 29.8 Å². The third kappa shape index (κ3) is 1.83. The molecule has 1 unspecified atom stereocenters. The van der Waals surface area contributed by atoms with Crippen LogP contribution in [0.5, 0.6) is 5.75 Å². The molecule has 19 heavy (non-hydrogen) atoms. The Morgan fingerprint density at radius 1 is 1.37 bits per heavy atom. The third-order valence-electron chi connectivity index (χ3n) is 2.69. The van der Waals surface area contributed by atoms with Gasteiger partial charge in [-0.3, -0.25) is 0 Å². The Labute approximate surface area is 106 Å². The molecule has 0 spiro atoms. The Morgan fingerprint density at radius 2 is 2.00 bits per heavy atom. The maximum Gasteiger partial charge on any atom is 0.445 e. The summed E-state index contributed by atoms with van der Waals surface area (Å²) in [6, 6.07) is 5.75. The molecule has 0 amide bonds. The van der Waals surface area contributed by atoms with Crippen LogP contribution in [0.4, 0.5) is 13.2 Å². The van der Waals surface area contributed by atoms with E-state index in [0.717, 1.165) is 6.08 Å². The second kappa shape index (κ2) is 4.05. The number of para-hydroxylation sites is 1. The number of alkyl halides is 3. The van der Waals surface area contributed by atoms with Crippen molar-refractivity contribution in [3.8, 4) is 18.1 Å². The molecule has 0 aliphatic carbocycles. The van der Waals surface area contributed by atoms with E-state index in [9.17, 15) is 18.0 Å². The summed E-state index contributed by atoms with van der Waals surface area (Å²) in [6.45, 7) is 0. The van der Waals surface area contributed by atoms with E-state index < -0.39 is 23.3 Å². The standard InChI is InChI=1S/C13H7F3O3/c1-2-12(13(14,15)16)9(11(17)18)7-8-5-3-4-6-10(8)19-12/h1,3-7H,(H,17,18). The van der Waals surface area contributed by atoms with Crippen molar-refractivity contribution in [3.05, 3.63) is 35.4 Å². The molecule has 1 aromatic carbocycles. The average molecular weight is 268 g/mol. The van der Waals surface area contributed by atoms with Gasteiger partial charge in [-0.15, -0.1) is 6.42 Å². The van der Waals surface area contributed by atoms with Gasteiger partial charge >= 0.3 is 12.1 Å². The van der Waals surface area contributed by atoms with Crippen molar-refractivity contribution in [3.63, 3.8) is 0 Å². The van der Waals surface area contributed by atoms with Gasteiger partial charge in [0.1, 0.15) is 11.3 Å². The van der Waals surface area contributed by atoms with Crippen molar-refractivity contribution in [1.29, 1.82) is 0 Å². The molecule has 3 nitrogen and oxygen atoms in total. The number of carboxylic acids is 1. The molecule has 1 heterocycles. The van der Waals surface area contributed by atoms with Gasteiger partial charge in [0, 0.05) is 5.56 Å². The zero-order valence-electron chi connectivity index (χ0n) is 9.36. The fourth-order valence-corrected chi connectivity index (χ4v) is 1.78. The van der Waals surface area contributed by atoms with Crippen LogP contribution < -0.4 is 4.74 Å². The minimum absolute atomic E-state index is 0.109. The van der Waals surface area contributed by atoms with Crippen LogP contribution in [0, 0.1) is 12.3 Å². The number of hydrogen-bond acceptors (Lipinski definition) is 2. The number of terminal acetylenes is 1. The lowest BCUT2D eigenvalue weighted by atomic mass is 9.89. The molecule has 0 fully saturated rings. The van der Waals surface area contributed by atoms with E-state index in [4.69, 9.17) is 16.3 Å². The van der Waals surface area contributed by atoms with E-state index in [1.807, 2.05) is 0 Å². The molecule has 1 N–H and O–H groups in total. The van der Waals surface area contributed by atoms with Crippen LogP contribution in [-0.4, -0.2) is 22.9 Å². The van der Waals surface area contributed by atoms with Crippen LogP contribution in [0.1, 0.15) is 5.56 Å². The second-order valence-electron chi connectivity index (χ2n) is 3.83. The van der Waals surface area contributed by atoms with Crippen LogP contribution in [0.25, 0.3) is 6.08 Å². The molecule has 1 aliphatic heterocycles. The number of hydrogen-bond donors (Lipinski definition) is 1. The van der Waals surface area contributed by atoms with Crippen LogP contribution in [-0.2, 0) is 4.79 Å². The highest BCUT2D eigenvalue weighted by Gasteiger charge is 2.62. The van der Waals surface area contributed by atoms with Gasteiger partial charge in [-0.1, -0.05) is 18.2 Å². The average Bonchev–Trinajstić information content (AvgIpc) is 2.35. The van der Waals surface area contributed by atoms with E-state index in [-0.39, 0.29) is 11.3 Å². The monoisotopic (exact) mass is 268 g/mol. The number of aliphatic carboxylic acids is 1. The zero-order chi connectivity index (χ0) is 14.3. The normalized spacial score (nSPS) is 21.7. The fourth-order valence-electron chi connectivity index (χ4n) is 1.78. The highest BCUT2D eigenvalue weighted by Crippen LogP contribution is 2.44. The fraction of sp³-hybridized carbons (Fsp3) is 0.154. The van der Waals surface area contributed by atoms with Crippen molar-refractivity contribution in [2.45, 2.75) is 11.8 Å². The van der Waals surface area contributed by atoms with Gasteiger partial charge in [0.2, 0.25) is 0 Å². The molecule has 2 rings (SSSR count).